The first-order valence-corrected chi connectivity index (χ1v) is 7.65. The minimum atomic E-state index is -3.99. The number of hydrogen-bond donors (Lipinski definition) is 0. The van der Waals surface area contributed by atoms with E-state index in [0.29, 0.717) is 0 Å². The fourth-order valence-electron chi connectivity index (χ4n) is 1.86. The highest BCUT2D eigenvalue weighted by atomic mass is 32.2. The molecule has 0 amide bonds. The third-order valence-electron chi connectivity index (χ3n) is 3.07. The summed E-state index contributed by atoms with van der Waals surface area (Å²) in [7, 11) is -2.82. The van der Waals surface area contributed by atoms with Crippen LogP contribution in [0.1, 0.15) is 0 Å². The van der Waals surface area contributed by atoms with Gasteiger partial charge in [-0.3, -0.25) is 24.5 Å². The van der Waals surface area contributed by atoms with Gasteiger partial charge in [-0.2, -0.15) is 0 Å². The molecule has 0 radical (unpaired) electrons. The van der Waals surface area contributed by atoms with Gasteiger partial charge >= 0.3 is 0 Å². The Morgan fingerprint density at radius 3 is 1.83 bits per heavy atom. The molecule has 0 aliphatic carbocycles. The van der Waals surface area contributed by atoms with E-state index in [1.165, 1.54) is 31.3 Å². The third kappa shape index (κ3) is 3.26. The first-order valence-electron chi connectivity index (χ1n) is 6.21. The maximum absolute atomic E-state index is 12.5. The number of sulfonamides is 1. The van der Waals surface area contributed by atoms with Gasteiger partial charge in [0.1, 0.15) is 0 Å². The van der Waals surface area contributed by atoms with Gasteiger partial charge in [-0.1, -0.05) is 18.2 Å². The Labute approximate surface area is 131 Å². The van der Waals surface area contributed by atoms with Gasteiger partial charge in [0.2, 0.25) is 0 Å². The van der Waals surface area contributed by atoms with E-state index in [1.54, 1.807) is 6.07 Å². The minimum absolute atomic E-state index is 0.0309. The first kappa shape index (κ1) is 16.4. The highest BCUT2D eigenvalue weighted by Gasteiger charge is 2.25. The molecule has 0 heterocycles. The van der Waals surface area contributed by atoms with Crippen molar-refractivity contribution in [2.24, 2.45) is 0 Å². The molecule has 23 heavy (non-hydrogen) atoms. The first-order chi connectivity index (χ1) is 10.7. The lowest BCUT2D eigenvalue weighted by Gasteiger charge is -2.19. The van der Waals surface area contributed by atoms with Crippen molar-refractivity contribution in [2.75, 3.05) is 11.4 Å². The number of non-ortho nitro benzene ring substituents is 2. The van der Waals surface area contributed by atoms with E-state index in [0.717, 1.165) is 22.5 Å². The molecule has 2 aromatic carbocycles. The largest absolute Gasteiger partial charge is 0.278 e. The van der Waals surface area contributed by atoms with Crippen molar-refractivity contribution in [2.45, 2.75) is 4.90 Å². The van der Waals surface area contributed by atoms with Crippen molar-refractivity contribution in [1.29, 1.82) is 0 Å². The molecule has 120 valence electrons. The SMILES string of the molecule is CN(c1cc([N+](=O)[O-])cc([N+](=O)[O-])c1)S(=O)(=O)c1ccccc1. The lowest BCUT2D eigenvalue weighted by molar-refractivity contribution is -0.394. The Morgan fingerprint density at radius 1 is 0.913 bits per heavy atom. The van der Waals surface area contributed by atoms with Crippen LogP contribution in [0, 0.1) is 20.2 Å². The lowest BCUT2D eigenvalue weighted by Crippen LogP contribution is -2.26. The summed E-state index contributed by atoms with van der Waals surface area (Å²) in [5.74, 6) is 0. The minimum Gasteiger partial charge on any atom is -0.269 e. The van der Waals surface area contributed by atoms with E-state index in [1.807, 2.05) is 0 Å². The molecule has 0 aliphatic rings. The molecule has 0 saturated carbocycles. The number of nitrogens with zero attached hydrogens (tertiary/aromatic N) is 3. The zero-order valence-electron chi connectivity index (χ0n) is 11.8. The zero-order valence-corrected chi connectivity index (χ0v) is 12.6. The summed E-state index contributed by atoms with van der Waals surface area (Å²) in [6, 6.07) is 10.1. The van der Waals surface area contributed by atoms with E-state index >= 15 is 0 Å². The van der Waals surface area contributed by atoms with Crippen LogP contribution in [0.5, 0.6) is 0 Å². The smallest absolute Gasteiger partial charge is 0.269 e. The van der Waals surface area contributed by atoms with Crippen LogP contribution >= 0.6 is 0 Å². The van der Waals surface area contributed by atoms with Gasteiger partial charge in [-0.15, -0.1) is 0 Å². The van der Waals surface area contributed by atoms with Crippen LogP contribution in [0.15, 0.2) is 53.4 Å². The molecule has 0 atom stereocenters. The molecule has 2 aromatic rings. The van der Waals surface area contributed by atoms with Crippen LogP contribution in [0.25, 0.3) is 0 Å². The maximum Gasteiger partial charge on any atom is 0.278 e. The van der Waals surface area contributed by atoms with E-state index in [9.17, 15) is 28.6 Å². The average Bonchev–Trinajstić information content (AvgIpc) is 2.54. The van der Waals surface area contributed by atoms with Crippen LogP contribution in [0.2, 0.25) is 0 Å². The van der Waals surface area contributed by atoms with Gasteiger partial charge in [0, 0.05) is 19.2 Å². The van der Waals surface area contributed by atoms with E-state index in [-0.39, 0.29) is 10.6 Å². The maximum atomic E-state index is 12.5. The van der Waals surface area contributed by atoms with Crippen LogP contribution in [0.4, 0.5) is 17.1 Å². The van der Waals surface area contributed by atoms with E-state index in [2.05, 4.69) is 0 Å². The number of nitro benzene ring substituents is 2. The van der Waals surface area contributed by atoms with Gasteiger partial charge in [0.15, 0.2) is 0 Å². The predicted molar refractivity (Wildman–Crippen MR) is 81.8 cm³/mol. The zero-order chi connectivity index (χ0) is 17.2. The second-order valence-corrected chi connectivity index (χ2v) is 6.48. The highest BCUT2D eigenvalue weighted by Crippen LogP contribution is 2.30. The van der Waals surface area contributed by atoms with Crippen LogP contribution in [0.3, 0.4) is 0 Å². The molecule has 0 fully saturated rings. The Balaban J connectivity index is 2.57. The van der Waals surface area contributed by atoms with Crippen LogP contribution < -0.4 is 4.31 Å². The van der Waals surface area contributed by atoms with Crippen molar-refractivity contribution in [3.05, 3.63) is 68.8 Å². The summed E-state index contributed by atoms with van der Waals surface area (Å²) in [5.41, 5.74) is -1.30. The van der Waals surface area contributed by atoms with Crippen molar-refractivity contribution in [3.63, 3.8) is 0 Å². The molecule has 0 aromatic heterocycles. The quantitative estimate of drug-likeness (QED) is 0.609. The molecule has 0 unspecified atom stereocenters. The van der Waals surface area contributed by atoms with Crippen LogP contribution in [-0.4, -0.2) is 25.3 Å². The Kier molecular flexibility index (Phi) is 4.27. The van der Waals surface area contributed by atoms with Gasteiger partial charge in [-0.25, -0.2) is 8.42 Å². The standard InChI is InChI=1S/C13H11N3O6S/c1-14(23(21,22)13-5-3-2-4-6-13)10-7-11(15(17)18)9-12(8-10)16(19)20/h2-9H,1H3. The van der Waals surface area contributed by atoms with Gasteiger partial charge in [-0.05, 0) is 12.1 Å². The lowest BCUT2D eigenvalue weighted by atomic mass is 10.2. The number of benzene rings is 2. The molecule has 2 rings (SSSR count). The normalized spacial score (nSPS) is 11.0. The predicted octanol–water partition coefficient (Wildman–Crippen LogP) is 2.33. The molecule has 10 heteroatoms. The van der Waals surface area contributed by atoms with Crippen molar-refractivity contribution < 1.29 is 18.3 Å². The second kappa shape index (κ2) is 6.01. The number of hydrogen-bond acceptors (Lipinski definition) is 6. The summed E-state index contributed by atoms with van der Waals surface area (Å²) >= 11 is 0. The van der Waals surface area contributed by atoms with Crippen molar-refractivity contribution >= 4 is 27.1 Å². The molecule has 0 spiro atoms. The number of anilines is 1. The molecule has 9 nitrogen and oxygen atoms in total. The summed E-state index contributed by atoms with van der Waals surface area (Å²) < 4.78 is 25.7. The third-order valence-corrected chi connectivity index (χ3v) is 4.87. The topological polar surface area (TPSA) is 124 Å². The van der Waals surface area contributed by atoms with Gasteiger partial charge in [0.05, 0.1) is 26.5 Å². The molecule has 0 N–H and O–H groups in total. The molecule has 0 aliphatic heterocycles. The van der Waals surface area contributed by atoms with Gasteiger partial charge in [0.25, 0.3) is 21.4 Å². The molecule has 0 bridgehead atoms. The van der Waals surface area contributed by atoms with E-state index in [4.69, 9.17) is 0 Å². The Morgan fingerprint density at radius 2 is 1.39 bits per heavy atom. The highest BCUT2D eigenvalue weighted by molar-refractivity contribution is 7.92. The van der Waals surface area contributed by atoms with Crippen molar-refractivity contribution in [1.82, 2.24) is 0 Å². The number of rotatable bonds is 5. The van der Waals surface area contributed by atoms with E-state index < -0.39 is 31.2 Å². The average molecular weight is 337 g/mol. The monoisotopic (exact) mass is 337 g/mol. The fourth-order valence-corrected chi connectivity index (χ4v) is 3.06. The van der Waals surface area contributed by atoms with Gasteiger partial charge < -0.3 is 0 Å². The summed E-state index contributed by atoms with van der Waals surface area (Å²) in [5, 5.41) is 21.8. The van der Waals surface area contributed by atoms with Crippen molar-refractivity contribution in [3.8, 4) is 0 Å². The summed E-state index contributed by atoms with van der Waals surface area (Å²) in [6.45, 7) is 0. The fraction of sp³-hybridized carbons (Fsp3) is 0.0769. The summed E-state index contributed by atoms with van der Waals surface area (Å²) in [4.78, 5) is 20.1. The second-order valence-electron chi connectivity index (χ2n) is 4.51. The van der Waals surface area contributed by atoms with Crippen LogP contribution in [-0.2, 0) is 10.0 Å². The summed E-state index contributed by atoms with van der Waals surface area (Å²) in [6.07, 6.45) is 0. The molecular formula is C13H11N3O6S. The molecule has 0 saturated heterocycles. The Hall–Kier alpha value is -3.01. The number of nitro groups is 2. The molecular weight excluding hydrogens is 326 g/mol. The Bertz CT molecular complexity index is 834.